The van der Waals surface area contributed by atoms with Gasteiger partial charge in [0.25, 0.3) is 0 Å². The molecule has 0 spiro atoms. The van der Waals surface area contributed by atoms with E-state index in [-0.39, 0.29) is 25.7 Å². The molecule has 0 aliphatic carbocycles. The SMILES string of the molecule is CC/C=C\C/C=C\C/C=C\C/C=C\C/C=C\CCCCCC(=O)OC[C@H](COP(=O)(O)OC[C@@H](O)COP(=O)(O)OC[C@@H](COC(=O)CCCCCCCCC/C=C\CCCCCC)OC(=O)CC/C=C\C/C=C\C/C=C\C/C=C\C/C=C\CCCCC)OC(=O)CCCCCCCCCCCCCCC. The van der Waals surface area contributed by atoms with Gasteiger partial charge in [0.05, 0.1) is 26.4 Å². The van der Waals surface area contributed by atoms with Gasteiger partial charge in [0.2, 0.25) is 0 Å². The standard InChI is InChI=1S/C87H148O17P2/c1-5-9-13-17-21-25-29-33-36-38-40-42-45-49-52-56-60-64-68-72-85(90)98-77-82(103-86(91)73-69-65-61-57-53-47-32-28-24-20-16-12-8-4)79-101-105(93,94)99-75-81(88)76-100-106(95,96)102-80-83(78-97-84(89)71-67-63-59-55-51-48-44-35-31-27-23-19-15-11-7-3)104-87(92)74-70-66-62-58-54-50-46-43-41-39-37-34-30-26-22-18-14-10-6-2/h9,13,21-22,25-27,31,33-34,36-37,40-43,49-50,52,54,62,66,81-83,88H,5-8,10-12,14-20,23-24,28-30,32,35,38-39,44-48,51,53,55-61,63-65,67-80H2,1-4H3,(H,93,94)(H,95,96)/b13-9-,25-21-,26-22-,31-27-,36-33-,37-34-,42-40-,43-41-,52-49-,54-50-,66-62-/t81-,82-,83-/m1/s1. The molecule has 0 heterocycles. The summed E-state index contributed by atoms with van der Waals surface area (Å²) in [5.74, 6) is -2.30. The molecule has 0 radical (unpaired) electrons. The molecular formula is C87H148O17P2. The molecule has 17 nitrogen and oxygen atoms in total. The van der Waals surface area contributed by atoms with Crippen LogP contribution in [0, 0.1) is 0 Å². The van der Waals surface area contributed by atoms with Gasteiger partial charge >= 0.3 is 39.5 Å². The molecule has 608 valence electrons. The first-order valence-electron chi connectivity index (χ1n) is 41.4. The number of carbonyl (C=O) groups is 4. The number of hydrogen-bond donors (Lipinski definition) is 3. The molecule has 5 atom stereocenters. The maximum atomic E-state index is 13.1. The molecule has 0 aliphatic rings. The highest BCUT2D eigenvalue weighted by Gasteiger charge is 2.30. The van der Waals surface area contributed by atoms with Crippen molar-refractivity contribution >= 4 is 39.5 Å². The van der Waals surface area contributed by atoms with E-state index in [2.05, 4.69) is 143 Å². The molecule has 106 heavy (non-hydrogen) atoms. The van der Waals surface area contributed by atoms with Crippen molar-refractivity contribution in [3.05, 3.63) is 134 Å². The van der Waals surface area contributed by atoms with Crippen molar-refractivity contribution < 1.29 is 80.2 Å². The van der Waals surface area contributed by atoms with Gasteiger partial charge in [0.15, 0.2) is 12.2 Å². The van der Waals surface area contributed by atoms with Crippen LogP contribution in [-0.2, 0) is 65.4 Å². The van der Waals surface area contributed by atoms with Gasteiger partial charge in [0, 0.05) is 25.7 Å². The zero-order valence-electron chi connectivity index (χ0n) is 66.6. The fourth-order valence-corrected chi connectivity index (χ4v) is 12.4. The van der Waals surface area contributed by atoms with E-state index in [1.807, 2.05) is 18.2 Å². The molecule has 0 aromatic heterocycles. The quantitative estimate of drug-likeness (QED) is 0.0169. The van der Waals surface area contributed by atoms with Crippen LogP contribution in [0.25, 0.3) is 0 Å². The molecule has 0 saturated heterocycles. The average Bonchev–Trinajstić information content (AvgIpc) is 0.899. The number of aliphatic hydroxyl groups is 1. The van der Waals surface area contributed by atoms with E-state index in [9.17, 15) is 43.2 Å². The van der Waals surface area contributed by atoms with E-state index in [4.69, 9.17) is 37.0 Å². The number of unbranched alkanes of at least 4 members (excludes halogenated alkanes) is 29. The molecule has 0 aromatic rings. The highest BCUT2D eigenvalue weighted by Crippen LogP contribution is 2.45. The van der Waals surface area contributed by atoms with Gasteiger partial charge < -0.3 is 33.8 Å². The van der Waals surface area contributed by atoms with Crippen molar-refractivity contribution in [1.82, 2.24) is 0 Å². The molecule has 2 unspecified atom stereocenters. The summed E-state index contributed by atoms with van der Waals surface area (Å²) in [5, 5.41) is 10.7. The molecular weight excluding hydrogens is 1380 g/mol. The number of aliphatic hydroxyl groups excluding tert-OH is 1. The van der Waals surface area contributed by atoms with Gasteiger partial charge in [-0.05, 0) is 135 Å². The Hall–Kier alpha value is -4.80. The summed E-state index contributed by atoms with van der Waals surface area (Å²) in [5.41, 5.74) is 0. The zero-order chi connectivity index (χ0) is 77.4. The molecule has 0 saturated carbocycles. The second kappa shape index (κ2) is 78.3. The summed E-state index contributed by atoms with van der Waals surface area (Å²) < 4.78 is 68.6. The van der Waals surface area contributed by atoms with Crippen LogP contribution in [0.5, 0.6) is 0 Å². The predicted molar refractivity (Wildman–Crippen MR) is 436 cm³/mol. The zero-order valence-corrected chi connectivity index (χ0v) is 68.4. The molecule has 0 aliphatic heterocycles. The van der Waals surface area contributed by atoms with Gasteiger partial charge in [-0.3, -0.25) is 37.3 Å². The van der Waals surface area contributed by atoms with Crippen molar-refractivity contribution in [2.75, 3.05) is 39.6 Å². The minimum Gasteiger partial charge on any atom is -0.462 e. The normalized spacial score (nSPS) is 14.5. The molecule has 0 bridgehead atoms. The number of rotatable bonds is 77. The first-order chi connectivity index (χ1) is 51.7. The molecule has 0 fully saturated rings. The van der Waals surface area contributed by atoms with E-state index in [1.54, 1.807) is 0 Å². The largest absolute Gasteiger partial charge is 0.472 e. The second-order valence-electron chi connectivity index (χ2n) is 27.3. The van der Waals surface area contributed by atoms with E-state index in [0.717, 1.165) is 148 Å². The number of allylic oxidation sites excluding steroid dienone is 22. The highest BCUT2D eigenvalue weighted by atomic mass is 31.2. The van der Waals surface area contributed by atoms with Crippen molar-refractivity contribution in [2.45, 2.75) is 354 Å². The monoisotopic (exact) mass is 1530 g/mol. The molecule has 0 amide bonds. The smallest absolute Gasteiger partial charge is 0.462 e. The number of carbonyl (C=O) groups excluding carboxylic acids is 4. The van der Waals surface area contributed by atoms with Crippen LogP contribution in [0.2, 0.25) is 0 Å². The maximum Gasteiger partial charge on any atom is 0.472 e. The van der Waals surface area contributed by atoms with Crippen LogP contribution >= 0.6 is 15.6 Å². The number of phosphoric ester groups is 2. The van der Waals surface area contributed by atoms with Gasteiger partial charge in [-0.2, -0.15) is 0 Å². The summed E-state index contributed by atoms with van der Waals surface area (Å²) in [6.07, 6.45) is 88.6. The minimum absolute atomic E-state index is 0.0313. The molecule has 0 rings (SSSR count). The van der Waals surface area contributed by atoms with Crippen LogP contribution in [0.15, 0.2) is 134 Å². The van der Waals surface area contributed by atoms with Crippen LogP contribution in [-0.4, -0.2) is 96.7 Å². The first-order valence-corrected chi connectivity index (χ1v) is 44.4. The van der Waals surface area contributed by atoms with Crippen LogP contribution < -0.4 is 0 Å². The van der Waals surface area contributed by atoms with Gasteiger partial charge in [-0.25, -0.2) is 9.13 Å². The Morgan fingerprint density at radius 3 is 0.858 bits per heavy atom. The maximum absolute atomic E-state index is 13.1. The second-order valence-corrected chi connectivity index (χ2v) is 30.2. The van der Waals surface area contributed by atoms with Gasteiger partial charge in [-0.15, -0.1) is 0 Å². The number of phosphoric acid groups is 2. The third-order valence-electron chi connectivity index (χ3n) is 17.1. The number of hydrogen-bond acceptors (Lipinski definition) is 15. The number of ether oxygens (including phenoxy) is 4. The van der Waals surface area contributed by atoms with E-state index in [0.29, 0.717) is 32.1 Å². The third-order valence-corrected chi connectivity index (χ3v) is 19.0. The minimum atomic E-state index is -5.00. The fraction of sp³-hybridized carbons (Fsp3) is 0.701. The Kier molecular flexibility index (Phi) is 74.8. The molecule has 19 heteroatoms. The topological polar surface area (TPSA) is 237 Å². The molecule has 0 aromatic carbocycles. The van der Waals surface area contributed by atoms with E-state index >= 15 is 0 Å². The van der Waals surface area contributed by atoms with Gasteiger partial charge in [0.1, 0.15) is 19.3 Å². The summed E-state index contributed by atoms with van der Waals surface area (Å²) in [4.78, 5) is 73.1. The summed E-state index contributed by atoms with van der Waals surface area (Å²) in [6.45, 7) is 4.62. The lowest BCUT2D eigenvalue weighted by Gasteiger charge is -2.21. The van der Waals surface area contributed by atoms with Crippen molar-refractivity contribution in [3.8, 4) is 0 Å². The Labute approximate surface area is 644 Å². The Bertz CT molecular complexity index is 2530. The van der Waals surface area contributed by atoms with Crippen molar-refractivity contribution in [3.63, 3.8) is 0 Å². The van der Waals surface area contributed by atoms with Gasteiger partial charge in [-0.1, -0.05) is 309 Å². The van der Waals surface area contributed by atoms with Crippen LogP contribution in [0.3, 0.4) is 0 Å². The Balaban J connectivity index is 5.45. The van der Waals surface area contributed by atoms with E-state index in [1.165, 1.54) is 103 Å². The Morgan fingerprint density at radius 2 is 0.509 bits per heavy atom. The van der Waals surface area contributed by atoms with Crippen molar-refractivity contribution in [1.29, 1.82) is 0 Å². The molecule has 3 N–H and O–H groups in total. The first kappa shape index (κ1) is 101. The highest BCUT2D eigenvalue weighted by molar-refractivity contribution is 7.47. The third kappa shape index (κ3) is 77.4. The lowest BCUT2D eigenvalue weighted by atomic mass is 10.0. The lowest BCUT2D eigenvalue weighted by molar-refractivity contribution is -0.161. The van der Waals surface area contributed by atoms with Crippen LogP contribution in [0.1, 0.15) is 336 Å². The van der Waals surface area contributed by atoms with Crippen LogP contribution in [0.4, 0.5) is 0 Å². The lowest BCUT2D eigenvalue weighted by Crippen LogP contribution is -2.30. The Morgan fingerprint density at radius 1 is 0.274 bits per heavy atom. The average molecular weight is 1530 g/mol. The summed E-state index contributed by atoms with van der Waals surface area (Å²) >= 11 is 0. The summed E-state index contributed by atoms with van der Waals surface area (Å²) in [6, 6.07) is 0. The summed E-state index contributed by atoms with van der Waals surface area (Å²) in [7, 11) is -10.00. The van der Waals surface area contributed by atoms with E-state index < -0.39 is 97.5 Å². The number of esters is 4. The van der Waals surface area contributed by atoms with Crippen molar-refractivity contribution in [2.24, 2.45) is 0 Å². The predicted octanol–water partition coefficient (Wildman–Crippen LogP) is 24.4. The fourth-order valence-electron chi connectivity index (χ4n) is 10.8.